The van der Waals surface area contributed by atoms with Crippen molar-refractivity contribution in [1.82, 2.24) is 9.78 Å². The summed E-state index contributed by atoms with van der Waals surface area (Å²) in [5, 5.41) is 3.72. The van der Waals surface area contributed by atoms with Gasteiger partial charge in [-0.15, -0.1) is 6.07 Å². The van der Waals surface area contributed by atoms with Crippen LogP contribution < -0.4 is 0 Å². The van der Waals surface area contributed by atoms with Gasteiger partial charge in [-0.2, -0.15) is 0 Å². The Kier molecular flexibility index (Phi) is 8.63. The number of aromatic nitrogens is 2. The summed E-state index contributed by atoms with van der Waals surface area (Å²) >= 11 is 0. The zero-order valence-electron chi connectivity index (χ0n) is 4.52. The number of rotatable bonds is 1. The Hall–Kier alpha value is 0.327. The molecule has 1 heterocycles. The van der Waals surface area contributed by atoms with Crippen molar-refractivity contribution < 1.29 is 42.1 Å². The van der Waals surface area contributed by atoms with E-state index in [0.29, 0.717) is 0 Å². The standard InChI is InChI=1S/C5H4N2.2W/c1-2-7-5-3-4-6-7;;/h1-4H;;/q-2;;+2. The van der Waals surface area contributed by atoms with E-state index in [4.69, 9.17) is 6.58 Å². The number of hydrogen-bond donors (Lipinski definition) is 0. The minimum absolute atomic E-state index is 0. The van der Waals surface area contributed by atoms with Gasteiger partial charge in [-0.05, 0) is 0 Å². The van der Waals surface area contributed by atoms with Gasteiger partial charge in [-0.3, -0.25) is 11.3 Å². The first-order valence-electron chi connectivity index (χ1n) is 1.90. The molecule has 1 aromatic heterocycles. The minimum atomic E-state index is 0. The van der Waals surface area contributed by atoms with Crippen molar-refractivity contribution in [1.29, 1.82) is 0 Å². The molecular formula is C5H4N2W2. The van der Waals surface area contributed by atoms with Crippen molar-refractivity contribution in [3.8, 4) is 0 Å². The Balaban J connectivity index is 0. The van der Waals surface area contributed by atoms with Gasteiger partial charge in [0.25, 0.3) is 0 Å². The van der Waals surface area contributed by atoms with Gasteiger partial charge < -0.3 is 11.3 Å². The molecule has 0 saturated carbocycles. The summed E-state index contributed by atoms with van der Waals surface area (Å²) in [6, 6.07) is 1.68. The largest absolute Gasteiger partial charge is 2.00 e. The molecule has 1 rings (SSSR count). The van der Waals surface area contributed by atoms with Crippen molar-refractivity contribution >= 4 is 6.20 Å². The Morgan fingerprint density at radius 1 is 1.67 bits per heavy atom. The number of hydrogen-bond acceptors (Lipinski definition) is 1. The van der Waals surface area contributed by atoms with Crippen molar-refractivity contribution in [2.45, 2.75) is 0 Å². The molecule has 2 nitrogen and oxygen atoms in total. The third kappa shape index (κ3) is 3.83. The van der Waals surface area contributed by atoms with Crippen LogP contribution in [0.25, 0.3) is 6.20 Å². The molecule has 0 spiro atoms. The summed E-state index contributed by atoms with van der Waals surface area (Å²) in [4.78, 5) is 0. The quantitative estimate of drug-likeness (QED) is 0.562. The van der Waals surface area contributed by atoms with E-state index in [-0.39, 0.29) is 42.1 Å². The predicted molar refractivity (Wildman–Crippen MR) is 26.1 cm³/mol. The molecule has 0 unspecified atom stereocenters. The van der Waals surface area contributed by atoms with Gasteiger partial charge in [0.05, 0.1) is 0 Å². The van der Waals surface area contributed by atoms with Crippen molar-refractivity contribution in [2.75, 3.05) is 0 Å². The Labute approximate surface area is 82.9 Å². The van der Waals surface area contributed by atoms with Crippen LogP contribution in [-0.2, 0) is 42.1 Å². The second-order valence-electron chi connectivity index (χ2n) is 1.05. The third-order valence-corrected chi connectivity index (χ3v) is 0.614. The molecule has 4 heteroatoms. The van der Waals surface area contributed by atoms with Crippen molar-refractivity contribution in [3.05, 3.63) is 25.0 Å². The Bertz CT molecular complexity index is 148. The molecule has 0 amide bonds. The maximum absolute atomic E-state index is 5.04. The van der Waals surface area contributed by atoms with Crippen molar-refractivity contribution in [2.24, 2.45) is 0 Å². The van der Waals surface area contributed by atoms with E-state index in [1.807, 2.05) is 0 Å². The van der Waals surface area contributed by atoms with E-state index in [1.54, 1.807) is 12.3 Å². The van der Waals surface area contributed by atoms with E-state index in [0.717, 1.165) is 0 Å². The Morgan fingerprint density at radius 2 is 2.33 bits per heavy atom. The number of nitrogens with zero attached hydrogens (tertiary/aromatic N) is 2. The minimum Gasteiger partial charge on any atom is -0.566 e. The van der Waals surface area contributed by atoms with Gasteiger partial charge in [0.15, 0.2) is 0 Å². The van der Waals surface area contributed by atoms with Gasteiger partial charge in [0.2, 0.25) is 0 Å². The van der Waals surface area contributed by atoms with Gasteiger partial charge in [-0.25, -0.2) is 0 Å². The molecule has 0 N–H and O–H groups in total. The first-order chi connectivity index (χ1) is 3.43. The molecule has 0 bridgehead atoms. The van der Waals surface area contributed by atoms with E-state index >= 15 is 0 Å². The average molecular weight is 460 g/mol. The molecule has 46 valence electrons. The van der Waals surface area contributed by atoms with Gasteiger partial charge in [0, 0.05) is 21.1 Å². The van der Waals surface area contributed by atoms with Gasteiger partial charge in [-0.1, -0.05) is 12.4 Å². The molecule has 9 heavy (non-hydrogen) atoms. The molecule has 0 aliphatic carbocycles. The molecule has 0 atom stereocenters. The van der Waals surface area contributed by atoms with Crippen LogP contribution in [0.15, 0.2) is 12.3 Å². The Morgan fingerprint density at radius 3 is 2.56 bits per heavy atom. The van der Waals surface area contributed by atoms with Crippen LogP contribution in [0, 0.1) is 12.8 Å². The van der Waals surface area contributed by atoms with Crippen LogP contribution in [0.5, 0.6) is 0 Å². The molecule has 0 aliphatic rings. The monoisotopic (exact) mass is 460 g/mol. The summed E-state index contributed by atoms with van der Waals surface area (Å²) in [5.41, 5.74) is 0. The molecule has 0 radical (unpaired) electrons. The topological polar surface area (TPSA) is 17.8 Å². The van der Waals surface area contributed by atoms with Crippen LogP contribution >= 0.6 is 0 Å². The van der Waals surface area contributed by atoms with E-state index in [9.17, 15) is 0 Å². The zero-order valence-corrected chi connectivity index (χ0v) is 10.4. The first-order valence-corrected chi connectivity index (χ1v) is 1.90. The maximum atomic E-state index is 5.04. The predicted octanol–water partition coefficient (Wildman–Crippen LogP) is 0.582. The van der Waals surface area contributed by atoms with Gasteiger partial charge in [0.1, 0.15) is 0 Å². The zero-order chi connectivity index (χ0) is 5.11. The van der Waals surface area contributed by atoms with E-state index in [2.05, 4.69) is 11.3 Å². The fraction of sp³-hybridized carbons (Fsp3) is 0. The summed E-state index contributed by atoms with van der Waals surface area (Å²) < 4.78 is 1.40. The summed E-state index contributed by atoms with van der Waals surface area (Å²) in [5.74, 6) is 0. The first kappa shape index (κ1) is 12.0. The molecular weight excluding hydrogens is 456 g/mol. The normalized spacial score (nSPS) is 6.67. The summed E-state index contributed by atoms with van der Waals surface area (Å²) in [6.07, 6.45) is 5.66. The maximum Gasteiger partial charge on any atom is 2.00 e. The second kappa shape index (κ2) is 6.45. The summed E-state index contributed by atoms with van der Waals surface area (Å²) in [6.45, 7) is 5.04. The van der Waals surface area contributed by atoms with Crippen LogP contribution in [0.4, 0.5) is 0 Å². The van der Waals surface area contributed by atoms with E-state index in [1.165, 1.54) is 10.9 Å². The molecule has 0 aliphatic heterocycles. The molecule has 0 aromatic carbocycles. The van der Waals surface area contributed by atoms with Crippen LogP contribution in [0.3, 0.4) is 0 Å². The van der Waals surface area contributed by atoms with Crippen molar-refractivity contribution in [3.63, 3.8) is 0 Å². The third-order valence-electron chi connectivity index (χ3n) is 0.614. The average Bonchev–Trinajstić information content (AvgIpc) is 2.14. The van der Waals surface area contributed by atoms with Gasteiger partial charge >= 0.3 is 21.1 Å². The molecule has 1 aromatic rings. The fourth-order valence-corrected chi connectivity index (χ4v) is 0.330. The fourth-order valence-electron chi connectivity index (χ4n) is 0.330. The molecule has 0 fully saturated rings. The second-order valence-corrected chi connectivity index (χ2v) is 1.05. The van der Waals surface area contributed by atoms with E-state index < -0.39 is 0 Å². The summed E-state index contributed by atoms with van der Waals surface area (Å²) in [7, 11) is 0. The van der Waals surface area contributed by atoms with Crippen LogP contribution in [0.2, 0.25) is 0 Å². The molecule has 0 saturated heterocycles. The SMILES string of the molecule is [CH-]=Cn1[c-]ccn1.[W+2].[W]. The smallest absolute Gasteiger partial charge is 0.566 e. The van der Waals surface area contributed by atoms with Crippen LogP contribution in [-0.4, -0.2) is 9.78 Å². The van der Waals surface area contributed by atoms with Crippen LogP contribution in [0.1, 0.15) is 0 Å².